The first kappa shape index (κ1) is 16.7. The van der Waals surface area contributed by atoms with Crippen molar-refractivity contribution in [3.05, 3.63) is 66.2 Å². The molecule has 6 heteroatoms. The predicted molar refractivity (Wildman–Crippen MR) is 89.9 cm³/mol. The van der Waals surface area contributed by atoms with Crippen LogP contribution in [0.15, 0.2) is 65.6 Å². The summed E-state index contributed by atoms with van der Waals surface area (Å²) in [6, 6.07) is 17.2. The van der Waals surface area contributed by atoms with Crippen molar-refractivity contribution in [3.8, 4) is 0 Å². The fourth-order valence-corrected chi connectivity index (χ4v) is 4.85. The summed E-state index contributed by atoms with van der Waals surface area (Å²) in [5.41, 5.74) is 0.890. The fraction of sp³-hybridized carbons (Fsp3) is 0.278. The molecule has 0 amide bonds. The summed E-state index contributed by atoms with van der Waals surface area (Å²) in [4.78, 5) is 11.6. The third-order valence-electron chi connectivity index (χ3n) is 4.42. The van der Waals surface area contributed by atoms with Crippen molar-refractivity contribution >= 4 is 16.0 Å². The maximum absolute atomic E-state index is 13.1. The van der Waals surface area contributed by atoms with Crippen LogP contribution in [0.2, 0.25) is 0 Å². The van der Waals surface area contributed by atoms with Crippen LogP contribution in [0.25, 0.3) is 0 Å². The predicted octanol–water partition coefficient (Wildman–Crippen LogP) is 2.91. The monoisotopic (exact) mass is 345 g/mol. The van der Waals surface area contributed by atoms with Crippen molar-refractivity contribution in [2.45, 2.75) is 23.8 Å². The molecule has 0 radical (unpaired) electrons. The molecule has 126 valence electrons. The molecule has 0 aliphatic carbocycles. The number of aliphatic carboxylic acids is 1. The van der Waals surface area contributed by atoms with E-state index in [9.17, 15) is 18.3 Å². The van der Waals surface area contributed by atoms with E-state index in [0.29, 0.717) is 12.8 Å². The summed E-state index contributed by atoms with van der Waals surface area (Å²) in [5, 5.41) is 9.33. The highest BCUT2D eigenvalue weighted by atomic mass is 32.2. The van der Waals surface area contributed by atoms with E-state index in [1.165, 1.54) is 4.31 Å². The molecule has 5 nitrogen and oxygen atoms in total. The van der Waals surface area contributed by atoms with Crippen molar-refractivity contribution in [2.24, 2.45) is 5.92 Å². The van der Waals surface area contributed by atoms with Gasteiger partial charge < -0.3 is 5.11 Å². The Kier molecular flexibility index (Phi) is 4.69. The number of hydrogen-bond acceptors (Lipinski definition) is 3. The van der Waals surface area contributed by atoms with Gasteiger partial charge in [0.15, 0.2) is 0 Å². The summed E-state index contributed by atoms with van der Waals surface area (Å²) in [5.74, 6) is -1.63. The Balaban J connectivity index is 2.02. The van der Waals surface area contributed by atoms with Gasteiger partial charge in [-0.05, 0) is 30.5 Å². The summed E-state index contributed by atoms with van der Waals surface area (Å²) < 4.78 is 27.5. The molecule has 1 aliphatic heterocycles. The molecular weight excluding hydrogens is 326 g/mol. The van der Waals surface area contributed by atoms with Crippen LogP contribution in [-0.4, -0.2) is 30.3 Å². The quantitative estimate of drug-likeness (QED) is 0.924. The number of carboxylic acids is 1. The number of carbonyl (C=O) groups is 1. The third-order valence-corrected chi connectivity index (χ3v) is 6.31. The minimum absolute atomic E-state index is 0.00782. The van der Waals surface area contributed by atoms with Crippen LogP contribution in [-0.2, 0) is 14.8 Å². The van der Waals surface area contributed by atoms with E-state index >= 15 is 0 Å². The highest BCUT2D eigenvalue weighted by Gasteiger charge is 2.39. The topological polar surface area (TPSA) is 74.7 Å². The lowest BCUT2D eigenvalue weighted by atomic mass is 9.91. The van der Waals surface area contributed by atoms with E-state index in [1.54, 1.807) is 30.3 Å². The lowest BCUT2D eigenvalue weighted by molar-refractivity contribution is -0.143. The minimum Gasteiger partial charge on any atom is -0.481 e. The minimum atomic E-state index is -3.76. The van der Waals surface area contributed by atoms with Gasteiger partial charge in [0, 0.05) is 6.54 Å². The fourth-order valence-electron chi connectivity index (χ4n) is 3.14. The number of sulfonamides is 1. The normalized spacial score (nSPS) is 22.2. The Bertz CT molecular complexity index is 805. The Morgan fingerprint density at radius 2 is 1.54 bits per heavy atom. The molecule has 1 saturated heterocycles. The van der Waals surface area contributed by atoms with Gasteiger partial charge in [0.05, 0.1) is 16.9 Å². The summed E-state index contributed by atoms with van der Waals surface area (Å²) in [7, 11) is -3.76. The lowest BCUT2D eigenvalue weighted by Crippen LogP contribution is -2.44. The van der Waals surface area contributed by atoms with Gasteiger partial charge in [-0.1, -0.05) is 48.5 Å². The number of hydrogen-bond donors (Lipinski definition) is 1. The first-order chi connectivity index (χ1) is 11.5. The smallest absolute Gasteiger partial charge is 0.307 e. The number of rotatable bonds is 4. The SMILES string of the molecule is O=C(O)C1CCC(c2ccccc2)N(S(=O)(=O)c2ccccc2)C1. The van der Waals surface area contributed by atoms with Crippen LogP contribution in [0.1, 0.15) is 24.4 Å². The molecule has 0 bridgehead atoms. The first-order valence-electron chi connectivity index (χ1n) is 7.85. The number of benzene rings is 2. The van der Waals surface area contributed by atoms with Gasteiger partial charge in [0.25, 0.3) is 0 Å². The van der Waals surface area contributed by atoms with Gasteiger partial charge in [0.2, 0.25) is 10.0 Å². The zero-order valence-corrected chi connectivity index (χ0v) is 13.9. The maximum atomic E-state index is 13.1. The van der Waals surface area contributed by atoms with Gasteiger partial charge in [-0.2, -0.15) is 4.31 Å². The molecule has 1 fully saturated rings. The molecule has 0 aromatic heterocycles. The van der Waals surface area contributed by atoms with Gasteiger partial charge in [-0.3, -0.25) is 4.79 Å². The van der Waals surface area contributed by atoms with Crippen LogP contribution >= 0.6 is 0 Å². The standard InChI is InChI=1S/C18H19NO4S/c20-18(21)15-11-12-17(14-7-3-1-4-8-14)19(13-15)24(22,23)16-9-5-2-6-10-16/h1-10,15,17H,11-13H2,(H,20,21). The molecule has 1 N–H and O–H groups in total. The van der Waals surface area contributed by atoms with Crippen molar-refractivity contribution in [1.29, 1.82) is 0 Å². The molecule has 2 unspecified atom stereocenters. The van der Waals surface area contributed by atoms with Gasteiger partial charge >= 0.3 is 5.97 Å². The Morgan fingerprint density at radius 3 is 2.12 bits per heavy atom. The Morgan fingerprint density at radius 1 is 0.958 bits per heavy atom. The number of piperidine rings is 1. The second-order valence-corrected chi connectivity index (χ2v) is 7.82. The molecule has 1 heterocycles. The van der Waals surface area contributed by atoms with Crippen molar-refractivity contribution < 1.29 is 18.3 Å². The third kappa shape index (κ3) is 3.20. The van der Waals surface area contributed by atoms with Gasteiger partial charge in [0.1, 0.15) is 0 Å². The van der Waals surface area contributed by atoms with Crippen molar-refractivity contribution in [2.75, 3.05) is 6.54 Å². The van der Waals surface area contributed by atoms with E-state index in [4.69, 9.17) is 0 Å². The molecule has 1 aliphatic rings. The van der Waals surface area contributed by atoms with Crippen LogP contribution in [0.3, 0.4) is 0 Å². The Labute approximate surface area is 141 Å². The molecule has 0 saturated carbocycles. The summed E-state index contributed by atoms with van der Waals surface area (Å²) >= 11 is 0. The molecule has 2 aromatic carbocycles. The average molecular weight is 345 g/mol. The van der Waals surface area contributed by atoms with Gasteiger partial charge in [-0.15, -0.1) is 0 Å². The molecule has 2 atom stereocenters. The zero-order chi connectivity index (χ0) is 17.2. The van der Waals surface area contributed by atoms with E-state index < -0.39 is 21.9 Å². The van der Waals surface area contributed by atoms with E-state index in [2.05, 4.69) is 0 Å². The Hall–Kier alpha value is -2.18. The maximum Gasteiger partial charge on any atom is 0.307 e. The highest BCUT2D eigenvalue weighted by molar-refractivity contribution is 7.89. The van der Waals surface area contributed by atoms with Crippen LogP contribution < -0.4 is 0 Å². The van der Waals surface area contributed by atoms with Crippen LogP contribution in [0.5, 0.6) is 0 Å². The molecule has 3 rings (SSSR count). The second kappa shape index (κ2) is 6.75. The molecule has 0 spiro atoms. The molecule has 24 heavy (non-hydrogen) atoms. The lowest BCUT2D eigenvalue weighted by Gasteiger charge is -2.37. The van der Waals surface area contributed by atoms with Crippen molar-refractivity contribution in [1.82, 2.24) is 4.31 Å². The van der Waals surface area contributed by atoms with Crippen LogP contribution in [0, 0.1) is 5.92 Å². The summed E-state index contributed by atoms with van der Waals surface area (Å²) in [6.07, 6.45) is 0.961. The van der Waals surface area contributed by atoms with Gasteiger partial charge in [-0.25, -0.2) is 8.42 Å². The highest BCUT2D eigenvalue weighted by Crippen LogP contribution is 2.37. The molecule has 2 aromatic rings. The zero-order valence-electron chi connectivity index (χ0n) is 13.1. The largest absolute Gasteiger partial charge is 0.481 e. The van der Waals surface area contributed by atoms with E-state index in [-0.39, 0.29) is 17.5 Å². The van der Waals surface area contributed by atoms with E-state index in [0.717, 1.165) is 5.56 Å². The van der Waals surface area contributed by atoms with E-state index in [1.807, 2.05) is 30.3 Å². The molecular formula is C18H19NO4S. The average Bonchev–Trinajstić information content (AvgIpc) is 2.62. The number of carboxylic acid groups (broad SMARTS) is 1. The summed E-state index contributed by atoms with van der Waals surface area (Å²) in [6.45, 7) is -0.00782. The van der Waals surface area contributed by atoms with Crippen LogP contribution in [0.4, 0.5) is 0 Å². The second-order valence-electron chi connectivity index (χ2n) is 5.93. The first-order valence-corrected chi connectivity index (χ1v) is 9.29. The van der Waals surface area contributed by atoms with Crippen molar-refractivity contribution in [3.63, 3.8) is 0 Å². The number of nitrogens with zero attached hydrogens (tertiary/aromatic N) is 1.